The Labute approximate surface area is 199 Å². The summed E-state index contributed by atoms with van der Waals surface area (Å²) in [6, 6.07) is 6.66. The second-order valence-electron chi connectivity index (χ2n) is 8.74. The number of morpholine rings is 1. The molecule has 10 heteroatoms. The Morgan fingerprint density at radius 1 is 1.06 bits per heavy atom. The van der Waals surface area contributed by atoms with Crippen LogP contribution < -0.4 is 19.8 Å². The van der Waals surface area contributed by atoms with Gasteiger partial charge in [-0.25, -0.2) is 0 Å². The standard InChI is InChI=1S/C25H26F3NO6/c1-13-10-29(11-14(2)34-13)12-17-18(30)7-6-16-22(31)21(24(25(26,27)28)35-23(16)17)15-5-8-19(32-3)20(9-15)33-4/h5-9,13-14,30H,10-12H2,1-4H3/p+1. The number of fused-ring (bicyclic) bond motifs is 1. The number of alkyl halides is 3. The van der Waals surface area contributed by atoms with Gasteiger partial charge in [-0.15, -0.1) is 0 Å². The highest BCUT2D eigenvalue weighted by Gasteiger charge is 2.40. The van der Waals surface area contributed by atoms with Crippen LogP contribution in [0.2, 0.25) is 0 Å². The van der Waals surface area contributed by atoms with Crippen molar-refractivity contribution in [2.75, 3.05) is 27.3 Å². The minimum Gasteiger partial charge on any atom is -0.507 e. The van der Waals surface area contributed by atoms with Gasteiger partial charge in [0.1, 0.15) is 37.6 Å². The Kier molecular flexibility index (Phi) is 6.70. The third-order valence-corrected chi connectivity index (χ3v) is 6.11. The van der Waals surface area contributed by atoms with Crippen LogP contribution in [0.5, 0.6) is 17.2 Å². The summed E-state index contributed by atoms with van der Waals surface area (Å²) in [4.78, 5) is 14.5. The van der Waals surface area contributed by atoms with Gasteiger partial charge in [0.15, 0.2) is 17.1 Å². The van der Waals surface area contributed by atoms with Crippen molar-refractivity contribution < 1.29 is 41.8 Å². The molecule has 0 spiro atoms. The molecule has 1 fully saturated rings. The summed E-state index contributed by atoms with van der Waals surface area (Å²) in [5.74, 6) is -1.19. The highest BCUT2D eigenvalue weighted by molar-refractivity contribution is 5.87. The third kappa shape index (κ3) is 4.81. The average Bonchev–Trinajstić information content (AvgIpc) is 2.79. The van der Waals surface area contributed by atoms with Gasteiger partial charge in [0, 0.05) is 0 Å². The highest BCUT2D eigenvalue weighted by Crippen LogP contribution is 2.41. The van der Waals surface area contributed by atoms with Crippen molar-refractivity contribution in [3.05, 3.63) is 51.9 Å². The summed E-state index contributed by atoms with van der Waals surface area (Å²) in [5.41, 5.74) is -1.64. The van der Waals surface area contributed by atoms with Gasteiger partial charge in [-0.1, -0.05) is 6.07 Å². The van der Waals surface area contributed by atoms with Gasteiger partial charge < -0.3 is 28.6 Å². The lowest BCUT2D eigenvalue weighted by atomic mass is 9.99. The fourth-order valence-corrected chi connectivity index (χ4v) is 4.71. The fourth-order valence-electron chi connectivity index (χ4n) is 4.71. The third-order valence-electron chi connectivity index (χ3n) is 6.11. The molecular formula is C25H27F3NO6+. The number of hydrogen-bond donors (Lipinski definition) is 2. The number of rotatable bonds is 5. The van der Waals surface area contributed by atoms with Crippen molar-refractivity contribution >= 4 is 11.0 Å². The molecule has 0 bridgehead atoms. The first-order valence-electron chi connectivity index (χ1n) is 11.1. The number of aromatic hydroxyl groups is 1. The zero-order valence-electron chi connectivity index (χ0n) is 19.8. The second-order valence-corrected chi connectivity index (χ2v) is 8.74. The molecule has 1 saturated heterocycles. The molecule has 2 unspecified atom stereocenters. The van der Waals surface area contributed by atoms with Crippen molar-refractivity contribution in [3.8, 4) is 28.4 Å². The zero-order chi connectivity index (χ0) is 25.5. The molecule has 0 aliphatic carbocycles. The van der Waals surface area contributed by atoms with E-state index in [4.69, 9.17) is 18.6 Å². The Morgan fingerprint density at radius 3 is 2.31 bits per heavy atom. The maximum absolute atomic E-state index is 14.2. The molecule has 4 rings (SSSR count). The molecule has 1 aliphatic rings. The molecule has 7 nitrogen and oxygen atoms in total. The Balaban J connectivity index is 1.93. The molecule has 2 N–H and O–H groups in total. The Bertz CT molecular complexity index is 1290. The number of ether oxygens (including phenoxy) is 3. The van der Waals surface area contributed by atoms with E-state index >= 15 is 0 Å². The number of benzene rings is 2. The first-order chi connectivity index (χ1) is 16.5. The fraction of sp³-hybridized carbons (Fsp3) is 0.400. The normalized spacial score (nSPS) is 20.7. The van der Waals surface area contributed by atoms with Crippen molar-refractivity contribution in [2.24, 2.45) is 0 Å². The van der Waals surface area contributed by atoms with Gasteiger partial charge in [0.05, 0.1) is 30.7 Å². The largest absolute Gasteiger partial charge is 0.507 e. The first kappa shape index (κ1) is 24.9. The highest BCUT2D eigenvalue weighted by atomic mass is 19.4. The van der Waals surface area contributed by atoms with Crippen LogP contribution in [0.1, 0.15) is 25.2 Å². The smallest absolute Gasteiger partial charge is 0.450 e. The maximum atomic E-state index is 14.2. The van der Waals surface area contributed by atoms with Crippen LogP contribution in [0.3, 0.4) is 0 Å². The molecule has 2 aromatic carbocycles. The number of phenols is 1. The van der Waals surface area contributed by atoms with Gasteiger partial charge in [-0.3, -0.25) is 4.79 Å². The minimum absolute atomic E-state index is 0.0262. The molecule has 0 amide bonds. The number of phenolic OH excluding ortho intramolecular Hbond substituents is 1. The molecule has 188 valence electrons. The summed E-state index contributed by atoms with van der Waals surface area (Å²) in [7, 11) is 2.74. The van der Waals surface area contributed by atoms with E-state index in [9.17, 15) is 23.1 Å². The van der Waals surface area contributed by atoms with E-state index < -0.39 is 22.9 Å². The lowest BCUT2D eigenvalue weighted by Crippen LogP contribution is -3.14. The quantitative estimate of drug-likeness (QED) is 0.566. The van der Waals surface area contributed by atoms with E-state index in [2.05, 4.69) is 0 Å². The number of methoxy groups -OCH3 is 2. The SMILES string of the molecule is COc1ccc(-c2c(C(F)(F)F)oc3c(C[NH+]4CC(C)OC(C)C4)c(O)ccc3c2=O)cc1OC. The maximum Gasteiger partial charge on any atom is 0.450 e. The number of hydrogen-bond acceptors (Lipinski definition) is 6. The molecule has 35 heavy (non-hydrogen) atoms. The van der Waals surface area contributed by atoms with Crippen LogP contribution in [0.4, 0.5) is 13.2 Å². The van der Waals surface area contributed by atoms with E-state index in [1.165, 1.54) is 44.6 Å². The van der Waals surface area contributed by atoms with Crippen LogP contribution >= 0.6 is 0 Å². The van der Waals surface area contributed by atoms with Gasteiger partial charge in [0.2, 0.25) is 11.2 Å². The van der Waals surface area contributed by atoms with Gasteiger partial charge >= 0.3 is 6.18 Å². The number of halogens is 3. The van der Waals surface area contributed by atoms with E-state index in [-0.39, 0.29) is 52.3 Å². The molecule has 3 aromatic rings. The summed E-state index contributed by atoms with van der Waals surface area (Å²) in [5, 5.41) is 10.5. The van der Waals surface area contributed by atoms with E-state index in [1.807, 2.05) is 13.8 Å². The molecule has 2 heterocycles. The van der Waals surface area contributed by atoms with Crippen molar-refractivity contribution in [2.45, 2.75) is 38.8 Å². The van der Waals surface area contributed by atoms with E-state index in [0.717, 1.165) is 4.90 Å². The van der Waals surface area contributed by atoms with Crippen molar-refractivity contribution in [3.63, 3.8) is 0 Å². The molecular weight excluding hydrogens is 467 g/mol. The van der Waals surface area contributed by atoms with E-state index in [0.29, 0.717) is 18.8 Å². The average molecular weight is 494 g/mol. The predicted molar refractivity (Wildman–Crippen MR) is 122 cm³/mol. The number of quaternary nitrogens is 1. The molecule has 2 atom stereocenters. The molecule has 0 radical (unpaired) electrons. The van der Waals surface area contributed by atoms with Gasteiger partial charge in [-0.2, -0.15) is 13.2 Å². The van der Waals surface area contributed by atoms with Crippen LogP contribution in [-0.2, 0) is 17.5 Å². The van der Waals surface area contributed by atoms with Crippen molar-refractivity contribution in [1.29, 1.82) is 0 Å². The van der Waals surface area contributed by atoms with Crippen LogP contribution in [0.25, 0.3) is 22.1 Å². The van der Waals surface area contributed by atoms with Crippen molar-refractivity contribution in [1.82, 2.24) is 0 Å². The van der Waals surface area contributed by atoms with Crippen LogP contribution in [-0.4, -0.2) is 44.6 Å². The first-order valence-corrected chi connectivity index (χ1v) is 11.1. The lowest BCUT2D eigenvalue weighted by Gasteiger charge is -2.32. The minimum atomic E-state index is -4.96. The molecule has 1 aliphatic heterocycles. The predicted octanol–water partition coefficient (Wildman–Crippen LogP) is 3.39. The Hall–Kier alpha value is -3.24. The lowest BCUT2D eigenvalue weighted by molar-refractivity contribution is -0.928. The summed E-state index contributed by atoms with van der Waals surface area (Å²) < 4.78 is 64.1. The monoisotopic (exact) mass is 494 g/mol. The van der Waals surface area contributed by atoms with Gasteiger partial charge in [-0.05, 0) is 43.7 Å². The molecule has 0 saturated carbocycles. The summed E-state index contributed by atoms with van der Waals surface area (Å²) in [6.45, 7) is 5.20. The second kappa shape index (κ2) is 9.43. The van der Waals surface area contributed by atoms with Crippen LogP contribution in [0, 0.1) is 0 Å². The number of nitrogens with one attached hydrogen (secondary N) is 1. The molecule has 1 aromatic heterocycles. The van der Waals surface area contributed by atoms with Crippen LogP contribution in [0.15, 0.2) is 39.5 Å². The topological polar surface area (TPSA) is 82.6 Å². The zero-order valence-corrected chi connectivity index (χ0v) is 19.8. The Morgan fingerprint density at radius 2 is 1.71 bits per heavy atom. The van der Waals surface area contributed by atoms with E-state index in [1.54, 1.807) is 0 Å². The summed E-state index contributed by atoms with van der Waals surface area (Å²) in [6.07, 6.45) is -5.08. The summed E-state index contributed by atoms with van der Waals surface area (Å²) >= 11 is 0. The van der Waals surface area contributed by atoms with Gasteiger partial charge in [0.25, 0.3) is 0 Å².